The Morgan fingerprint density at radius 1 is 1.10 bits per heavy atom. The number of terminal acetylenes is 1. The first-order valence-electron chi connectivity index (χ1n) is 13.0. The number of nitrogens with one attached hydrogen (secondary N) is 2. The van der Waals surface area contributed by atoms with E-state index in [2.05, 4.69) is 44.9 Å². The highest BCUT2D eigenvalue weighted by Crippen LogP contribution is 2.09. The molecule has 2 amide bonds. The number of benzene rings is 2. The summed E-state index contributed by atoms with van der Waals surface area (Å²) in [6, 6.07) is 13.8. The fraction of sp³-hybridized carbons (Fsp3) is 0.387. The number of rotatable bonds is 8. The molecule has 2 aromatic carbocycles. The first-order valence-corrected chi connectivity index (χ1v) is 13.0. The minimum absolute atomic E-state index is 0.155. The van der Waals surface area contributed by atoms with Gasteiger partial charge in [0, 0.05) is 30.8 Å². The average Bonchev–Trinajstić information content (AvgIpc) is 2.95. The van der Waals surface area contributed by atoms with Crippen molar-refractivity contribution in [2.24, 2.45) is 0 Å². The minimum Gasteiger partial charge on any atom is -0.467 e. The molecule has 0 bridgehead atoms. The van der Waals surface area contributed by atoms with Crippen LogP contribution < -0.4 is 10.6 Å². The lowest BCUT2D eigenvalue weighted by Crippen LogP contribution is -2.49. The van der Waals surface area contributed by atoms with E-state index in [1.54, 1.807) is 51.1 Å². The maximum absolute atomic E-state index is 12.3. The van der Waals surface area contributed by atoms with E-state index in [1.165, 1.54) is 12.7 Å². The number of amides is 2. The van der Waals surface area contributed by atoms with Crippen molar-refractivity contribution in [3.8, 4) is 12.3 Å². The molecule has 0 aliphatic carbocycles. The Kier molecular flexibility index (Phi) is 12.9. The molecule has 1 saturated heterocycles. The van der Waals surface area contributed by atoms with Crippen LogP contribution in [0.15, 0.2) is 55.1 Å². The number of hydrogen-bond donors (Lipinski definition) is 2. The molecule has 0 spiro atoms. The van der Waals surface area contributed by atoms with Crippen molar-refractivity contribution >= 4 is 24.0 Å². The summed E-state index contributed by atoms with van der Waals surface area (Å²) in [4.78, 5) is 38.2. The molecular formula is C31H39N3O6. The zero-order chi connectivity index (χ0) is 29.5. The Labute approximate surface area is 236 Å². The fourth-order valence-electron chi connectivity index (χ4n) is 3.57. The maximum atomic E-state index is 12.3. The van der Waals surface area contributed by atoms with Crippen LogP contribution in [-0.2, 0) is 25.5 Å². The van der Waals surface area contributed by atoms with Gasteiger partial charge in [-0.1, -0.05) is 42.8 Å². The van der Waals surface area contributed by atoms with Gasteiger partial charge >= 0.3 is 12.1 Å². The van der Waals surface area contributed by atoms with Crippen LogP contribution in [0.25, 0.3) is 6.08 Å². The molecule has 9 nitrogen and oxygen atoms in total. The number of hydrogen-bond acceptors (Lipinski definition) is 7. The standard InChI is InChI=1S/C18H24N2O5.C13H15NO/c1-6-12-7-9-13(10-8-12)15(21)20-14(16(22)24-5)11-19-17(23)25-18(2,3)4;1-2-12-3-5-13(6-4-12)11-14-7-9-15-10-8-14/h6-10,14H,1,11H2,2-5H3,(H,19,23)(H,20,21);1,3-6H,7-11H2. The predicted molar refractivity (Wildman–Crippen MR) is 155 cm³/mol. The molecule has 214 valence electrons. The number of carbonyl (C=O) groups excluding carboxylic acids is 3. The number of esters is 1. The van der Waals surface area contributed by atoms with E-state index in [0.717, 1.165) is 44.0 Å². The first-order chi connectivity index (χ1) is 19.0. The number of carbonyl (C=O) groups is 3. The van der Waals surface area contributed by atoms with E-state index in [1.807, 2.05) is 12.1 Å². The fourth-order valence-corrected chi connectivity index (χ4v) is 3.57. The van der Waals surface area contributed by atoms with E-state index < -0.39 is 29.6 Å². The summed E-state index contributed by atoms with van der Waals surface area (Å²) < 4.78 is 15.1. The summed E-state index contributed by atoms with van der Waals surface area (Å²) in [6.07, 6.45) is 6.27. The molecule has 1 heterocycles. The molecule has 1 aliphatic heterocycles. The monoisotopic (exact) mass is 549 g/mol. The molecule has 40 heavy (non-hydrogen) atoms. The zero-order valence-corrected chi connectivity index (χ0v) is 23.7. The molecule has 1 atom stereocenters. The van der Waals surface area contributed by atoms with Gasteiger partial charge in [-0.05, 0) is 56.2 Å². The SMILES string of the molecule is C#Cc1ccc(CN2CCOCC2)cc1.C=Cc1ccc(C(=O)NC(CNC(=O)OC(C)(C)C)C(=O)OC)cc1. The molecule has 9 heteroatoms. The normalized spacial score (nSPS) is 13.9. The van der Waals surface area contributed by atoms with Gasteiger partial charge in [-0.25, -0.2) is 9.59 Å². The summed E-state index contributed by atoms with van der Waals surface area (Å²) in [5.74, 6) is 1.49. The number of methoxy groups -OCH3 is 1. The van der Waals surface area contributed by atoms with Crippen LogP contribution in [0.5, 0.6) is 0 Å². The van der Waals surface area contributed by atoms with E-state index in [9.17, 15) is 14.4 Å². The van der Waals surface area contributed by atoms with Crippen LogP contribution in [0.4, 0.5) is 4.79 Å². The van der Waals surface area contributed by atoms with Crippen LogP contribution in [0, 0.1) is 12.3 Å². The minimum atomic E-state index is -1.04. The summed E-state index contributed by atoms with van der Waals surface area (Å²) in [6.45, 7) is 13.4. The second-order valence-corrected chi connectivity index (χ2v) is 9.99. The summed E-state index contributed by atoms with van der Waals surface area (Å²) in [5, 5.41) is 4.97. The molecule has 2 N–H and O–H groups in total. The lowest BCUT2D eigenvalue weighted by Gasteiger charge is -2.26. The zero-order valence-electron chi connectivity index (χ0n) is 23.7. The van der Waals surface area contributed by atoms with Gasteiger partial charge in [-0.15, -0.1) is 6.42 Å². The van der Waals surface area contributed by atoms with Crippen LogP contribution in [0.2, 0.25) is 0 Å². The highest BCUT2D eigenvalue weighted by Gasteiger charge is 2.24. The van der Waals surface area contributed by atoms with Crippen molar-refractivity contribution in [2.75, 3.05) is 40.0 Å². The molecule has 1 aliphatic rings. The van der Waals surface area contributed by atoms with Gasteiger partial charge in [0.1, 0.15) is 11.6 Å². The second-order valence-electron chi connectivity index (χ2n) is 9.99. The number of morpholine rings is 1. The van der Waals surface area contributed by atoms with Gasteiger partial charge in [0.2, 0.25) is 0 Å². The second kappa shape index (κ2) is 16.1. The Balaban J connectivity index is 0.000000315. The van der Waals surface area contributed by atoms with E-state index in [4.69, 9.17) is 15.9 Å². The van der Waals surface area contributed by atoms with Crippen molar-refractivity contribution in [3.63, 3.8) is 0 Å². The van der Waals surface area contributed by atoms with Gasteiger partial charge in [0.05, 0.1) is 26.9 Å². The summed E-state index contributed by atoms with van der Waals surface area (Å²) in [5.41, 5.74) is 2.84. The van der Waals surface area contributed by atoms with Crippen LogP contribution in [0.1, 0.15) is 47.8 Å². The number of nitrogens with zero attached hydrogens (tertiary/aromatic N) is 1. The van der Waals surface area contributed by atoms with E-state index >= 15 is 0 Å². The molecule has 0 saturated carbocycles. The Hall–Kier alpha value is -4.13. The Morgan fingerprint density at radius 3 is 2.25 bits per heavy atom. The average molecular weight is 550 g/mol. The molecular weight excluding hydrogens is 510 g/mol. The van der Waals surface area contributed by atoms with E-state index in [0.29, 0.717) is 5.56 Å². The van der Waals surface area contributed by atoms with Crippen molar-refractivity contribution in [1.29, 1.82) is 0 Å². The van der Waals surface area contributed by atoms with Crippen LogP contribution in [0.3, 0.4) is 0 Å². The lowest BCUT2D eigenvalue weighted by molar-refractivity contribution is -0.142. The quantitative estimate of drug-likeness (QED) is 0.383. The van der Waals surface area contributed by atoms with Gasteiger partial charge in [0.15, 0.2) is 0 Å². The van der Waals surface area contributed by atoms with Crippen molar-refractivity contribution in [1.82, 2.24) is 15.5 Å². The van der Waals surface area contributed by atoms with Gasteiger partial charge in [0.25, 0.3) is 5.91 Å². The van der Waals surface area contributed by atoms with E-state index in [-0.39, 0.29) is 6.54 Å². The summed E-state index contributed by atoms with van der Waals surface area (Å²) >= 11 is 0. The highest BCUT2D eigenvalue weighted by atomic mass is 16.6. The Bertz CT molecular complexity index is 1160. The smallest absolute Gasteiger partial charge is 0.407 e. The lowest BCUT2D eigenvalue weighted by atomic mass is 10.1. The molecule has 1 fully saturated rings. The van der Waals surface area contributed by atoms with Crippen molar-refractivity contribution < 1.29 is 28.6 Å². The van der Waals surface area contributed by atoms with Gasteiger partial charge in [-0.3, -0.25) is 9.69 Å². The third-order valence-corrected chi connectivity index (χ3v) is 5.68. The highest BCUT2D eigenvalue weighted by molar-refractivity contribution is 5.97. The maximum Gasteiger partial charge on any atom is 0.407 e. The third-order valence-electron chi connectivity index (χ3n) is 5.68. The van der Waals surface area contributed by atoms with Crippen molar-refractivity contribution in [2.45, 2.75) is 39.0 Å². The largest absolute Gasteiger partial charge is 0.467 e. The molecule has 2 aromatic rings. The van der Waals surface area contributed by atoms with Gasteiger partial charge in [-0.2, -0.15) is 0 Å². The topological polar surface area (TPSA) is 106 Å². The summed E-state index contributed by atoms with van der Waals surface area (Å²) in [7, 11) is 1.20. The molecule has 3 rings (SSSR count). The molecule has 0 radical (unpaired) electrons. The first kappa shape index (κ1) is 32.1. The molecule has 1 unspecified atom stereocenters. The molecule has 0 aromatic heterocycles. The predicted octanol–water partition coefficient (Wildman–Crippen LogP) is 3.63. The Morgan fingerprint density at radius 2 is 1.73 bits per heavy atom. The van der Waals surface area contributed by atoms with Crippen LogP contribution >= 0.6 is 0 Å². The van der Waals surface area contributed by atoms with Gasteiger partial charge < -0.3 is 24.8 Å². The number of ether oxygens (including phenoxy) is 3. The van der Waals surface area contributed by atoms with Crippen LogP contribution in [-0.4, -0.2) is 74.5 Å². The van der Waals surface area contributed by atoms with Crippen molar-refractivity contribution in [3.05, 3.63) is 77.4 Å². The third kappa shape index (κ3) is 11.7. The number of alkyl carbamates (subject to hydrolysis) is 1.